The molecule has 4 rings (SSSR count). The zero-order valence-electron chi connectivity index (χ0n) is 16.8. The smallest absolute Gasteiger partial charge is 0.251 e. The molecule has 3 aromatic rings. The second-order valence-corrected chi connectivity index (χ2v) is 7.47. The molecule has 2 aromatic carbocycles. The van der Waals surface area contributed by atoms with Crippen molar-refractivity contribution >= 4 is 11.6 Å². The van der Waals surface area contributed by atoms with Crippen LogP contribution in [0.4, 0.5) is 5.69 Å². The molecule has 0 unspecified atom stereocenters. The topological polar surface area (TPSA) is 48.7 Å². The molecule has 1 aliphatic rings. The molecule has 1 N–H and O–H groups in total. The Morgan fingerprint density at radius 1 is 1.00 bits per heavy atom. The first-order chi connectivity index (χ1) is 14.2. The van der Waals surface area contributed by atoms with Crippen molar-refractivity contribution in [2.75, 3.05) is 37.6 Å². The van der Waals surface area contributed by atoms with Crippen LogP contribution in [0.2, 0.25) is 0 Å². The first-order valence-corrected chi connectivity index (χ1v) is 10.1. The number of piperazine rings is 1. The maximum Gasteiger partial charge on any atom is 0.251 e. The summed E-state index contributed by atoms with van der Waals surface area (Å²) < 4.78 is 5.71. The van der Waals surface area contributed by atoms with Crippen LogP contribution in [0.3, 0.4) is 0 Å². The van der Waals surface area contributed by atoms with Gasteiger partial charge >= 0.3 is 0 Å². The van der Waals surface area contributed by atoms with E-state index in [0.717, 1.165) is 37.5 Å². The number of amides is 1. The maximum atomic E-state index is 12.6. The van der Waals surface area contributed by atoms with E-state index in [9.17, 15) is 4.79 Å². The molecular formula is C24H27N3O2. The molecule has 0 radical (unpaired) electrons. The highest BCUT2D eigenvalue weighted by Gasteiger charge is 2.27. The first kappa shape index (κ1) is 19.3. The predicted molar refractivity (Wildman–Crippen MR) is 115 cm³/mol. The van der Waals surface area contributed by atoms with E-state index in [1.54, 1.807) is 6.26 Å². The van der Waals surface area contributed by atoms with Crippen LogP contribution in [0.5, 0.6) is 0 Å². The van der Waals surface area contributed by atoms with Crippen LogP contribution in [0.1, 0.15) is 27.7 Å². The highest BCUT2D eigenvalue weighted by molar-refractivity contribution is 5.94. The summed E-state index contributed by atoms with van der Waals surface area (Å²) in [5.41, 5.74) is 3.03. The molecule has 1 aromatic heterocycles. The van der Waals surface area contributed by atoms with Gasteiger partial charge in [0.2, 0.25) is 0 Å². The molecule has 1 atom stereocenters. The second kappa shape index (κ2) is 8.97. The summed E-state index contributed by atoms with van der Waals surface area (Å²) in [5.74, 6) is 0.843. The lowest BCUT2D eigenvalue weighted by Crippen LogP contribution is -2.49. The molecule has 150 valence electrons. The fraction of sp³-hybridized carbons (Fsp3) is 0.292. The van der Waals surface area contributed by atoms with Gasteiger partial charge in [-0.15, -0.1) is 0 Å². The Hall–Kier alpha value is -3.05. The van der Waals surface area contributed by atoms with E-state index in [-0.39, 0.29) is 11.9 Å². The number of carbonyl (C=O) groups is 1. The van der Waals surface area contributed by atoms with Gasteiger partial charge in [0, 0.05) is 44.0 Å². The molecule has 1 amide bonds. The molecule has 0 aliphatic carbocycles. The fourth-order valence-electron chi connectivity index (χ4n) is 3.90. The second-order valence-electron chi connectivity index (χ2n) is 7.47. The van der Waals surface area contributed by atoms with Gasteiger partial charge in [-0.05, 0) is 43.3 Å². The van der Waals surface area contributed by atoms with Gasteiger partial charge in [0.25, 0.3) is 5.91 Å². The summed E-state index contributed by atoms with van der Waals surface area (Å²) in [4.78, 5) is 17.4. The van der Waals surface area contributed by atoms with Crippen molar-refractivity contribution in [3.63, 3.8) is 0 Å². The first-order valence-electron chi connectivity index (χ1n) is 10.1. The highest BCUT2D eigenvalue weighted by Crippen LogP contribution is 2.24. The Labute approximate surface area is 171 Å². The van der Waals surface area contributed by atoms with Crippen LogP contribution in [-0.4, -0.2) is 43.5 Å². The maximum absolute atomic E-state index is 12.6. The van der Waals surface area contributed by atoms with Crippen molar-refractivity contribution in [2.45, 2.75) is 13.0 Å². The van der Waals surface area contributed by atoms with Crippen molar-refractivity contribution in [3.05, 3.63) is 89.9 Å². The zero-order valence-corrected chi connectivity index (χ0v) is 16.8. The number of aryl methyl sites for hydroxylation is 1. The summed E-state index contributed by atoms with van der Waals surface area (Å²) in [7, 11) is 0. The Bertz CT molecular complexity index is 916. The summed E-state index contributed by atoms with van der Waals surface area (Å²) in [6.45, 7) is 6.25. The number of nitrogens with one attached hydrogen (secondary N) is 1. The minimum Gasteiger partial charge on any atom is -0.468 e. The van der Waals surface area contributed by atoms with Gasteiger partial charge in [-0.25, -0.2) is 0 Å². The SMILES string of the molecule is Cc1cccc(C(=O)NC[C@@H](c2ccco2)N2CCN(c3ccccc3)CC2)c1. The van der Waals surface area contributed by atoms with E-state index in [1.165, 1.54) is 5.69 Å². The molecule has 0 saturated carbocycles. The molecule has 0 bridgehead atoms. The largest absolute Gasteiger partial charge is 0.468 e. The average molecular weight is 389 g/mol. The van der Waals surface area contributed by atoms with Gasteiger partial charge in [0.15, 0.2) is 0 Å². The average Bonchev–Trinajstić information content (AvgIpc) is 3.29. The Morgan fingerprint density at radius 2 is 1.79 bits per heavy atom. The summed E-state index contributed by atoms with van der Waals surface area (Å²) >= 11 is 0. The monoisotopic (exact) mass is 389 g/mol. The predicted octanol–water partition coefficient (Wildman–Crippen LogP) is 3.88. The van der Waals surface area contributed by atoms with E-state index in [2.05, 4.69) is 39.4 Å². The molecule has 1 saturated heterocycles. The third kappa shape index (κ3) is 4.69. The molecule has 5 heteroatoms. The third-order valence-electron chi connectivity index (χ3n) is 5.48. The number of anilines is 1. The van der Waals surface area contributed by atoms with Gasteiger partial charge in [-0.1, -0.05) is 35.9 Å². The van der Waals surface area contributed by atoms with Crippen LogP contribution >= 0.6 is 0 Å². The van der Waals surface area contributed by atoms with Crippen molar-refractivity contribution in [1.82, 2.24) is 10.2 Å². The van der Waals surface area contributed by atoms with Gasteiger partial charge in [-0.3, -0.25) is 9.69 Å². The number of rotatable bonds is 6. The summed E-state index contributed by atoms with van der Waals surface area (Å²) in [6.07, 6.45) is 1.70. The van der Waals surface area contributed by atoms with Gasteiger partial charge in [-0.2, -0.15) is 0 Å². The quantitative estimate of drug-likeness (QED) is 0.695. The minimum atomic E-state index is -0.0480. The highest BCUT2D eigenvalue weighted by atomic mass is 16.3. The van der Waals surface area contributed by atoms with Crippen LogP contribution in [0, 0.1) is 6.92 Å². The van der Waals surface area contributed by atoms with E-state index in [0.29, 0.717) is 12.1 Å². The third-order valence-corrected chi connectivity index (χ3v) is 5.48. The van der Waals surface area contributed by atoms with Gasteiger partial charge in [0.05, 0.1) is 12.3 Å². The normalized spacial score (nSPS) is 15.8. The lowest BCUT2D eigenvalue weighted by atomic mass is 10.1. The Kier molecular flexibility index (Phi) is 5.96. The lowest BCUT2D eigenvalue weighted by Gasteiger charge is -2.39. The number of benzene rings is 2. The van der Waals surface area contributed by atoms with Gasteiger partial charge < -0.3 is 14.6 Å². The molecule has 2 heterocycles. The molecule has 1 aliphatic heterocycles. The van der Waals surface area contributed by atoms with Crippen LogP contribution < -0.4 is 10.2 Å². The van der Waals surface area contributed by atoms with Crippen molar-refractivity contribution in [3.8, 4) is 0 Å². The number of hydrogen-bond donors (Lipinski definition) is 1. The molecule has 0 spiro atoms. The van der Waals surface area contributed by atoms with E-state index >= 15 is 0 Å². The molecule has 5 nitrogen and oxygen atoms in total. The Balaban J connectivity index is 1.41. The number of carbonyl (C=O) groups excluding carboxylic acids is 1. The van der Waals surface area contributed by atoms with Crippen LogP contribution in [-0.2, 0) is 0 Å². The molecular weight excluding hydrogens is 362 g/mol. The summed E-state index contributed by atoms with van der Waals surface area (Å²) in [5, 5.41) is 3.10. The number of furan rings is 1. The zero-order chi connectivity index (χ0) is 20.1. The molecule has 1 fully saturated rings. The standard InChI is InChI=1S/C24H27N3O2/c1-19-7-5-8-20(17-19)24(28)25-18-22(23-11-6-16-29-23)27-14-12-26(13-15-27)21-9-3-2-4-10-21/h2-11,16-17,22H,12-15,18H2,1H3,(H,25,28)/t22-/m0/s1. The van der Waals surface area contributed by atoms with Crippen molar-refractivity contribution < 1.29 is 9.21 Å². The lowest BCUT2D eigenvalue weighted by molar-refractivity contribution is 0.0922. The van der Waals surface area contributed by atoms with Crippen LogP contribution in [0.25, 0.3) is 0 Å². The number of nitrogens with zero attached hydrogens (tertiary/aromatic N) is 2. The van der Waals surface area contributed by atoms with E-state index in [1.807, 2.05) is 49.4 Å². The van der Waals surface area contributed by atoms with E-state index in [4.69, 9.17) is 4.42 Å². The molecule has 29 heavy (non-hydrogen) atoms. The Morgan fingerprint density at radius 3 is 2.48 bits per heavy atom. The van der Waals surface area contributed by atoms with E-state index < -0.39 is 0 Å². The van der Waals surface area contributed by atoms with Crippen molar-refractivity contribution in [2.24, 2.45) is 0 Å². The van der Waals surface area contributed by atoms with Crippen molar-refractivity contribution in [1.29, 1.82) is 0 Å². The number of para-hydroxylation sites is 1. The van der Waals surface area contributed by atoms with Crippen LogP contribution in [0.15, 0.2) is 77.4 Å². The summed E-state index contributed by atoms with van der Waals surface area (Å²) in [6, 6.07) is 22.1. The number of hydrogen-bond acceptors (Lipinski definition) is 4. The van der Waals surface area contributed by atoms with Gasteiger partial charge in [0.1, 0.15) is 5.76 Å². The fourth-order valence-corrected chi connectivity index (χ4v) is 3.90. The minimum absolute atomic E-state index is 0.0247.